The first-order valence-corrected chi connectivity index (χ1v) is 8.13. The summed E-state index contributed by atoms with van der Waals surface area (Å²) in [6, 6.07) is 9.19. The number of nitrogens with one attached hydrogen (secondary N) is 2. The van der Waals surface area contributed by atoms with Crippen LogP contribution in [0.1, 0.15) is 6.92 Å². The van der Waals surface area contributed by atoms with Crippen molar-refractivity contribution in [2.45, 2.75) is 19.1 Å². The van der Waals surface area contributed by atoms with Crippen LogP contribution in [0.4, 0.5) is 10.5 Å². The first-order valence-electron chi connectivity index (χ1n) is 8.13. The Morgan fingerprint density at radius 2 is 2.12 bits per heavy atom. The van der Waals surface area contributed by atoms with Crippen molar-refractivity contribution in [2.75, 3.05) is 32.1 Å². The van der Waals surface area contributed by atoms with E-state index in [1.54, 1.807) is 10.9 Å². The van der Waals surface area contributed by atoms with E-state index in [1.807, 2.05) is 50.5 Å². The van der Waals surface area contributed by atoms with E-state index >= 15 is 0 Å². The maximum atomic E-state index is 12.2. The lowest BCUT2D eigenvalue weighted by Crippen LogP contribution is -2.45. The van der Waals surface area contributed by atoms with Crippen molar-refractivity contribution >= 4 is 11.7 Å². The van der Waals surface area contributed by atoms with Crippen molar-refractivity contribution < 1.29 is 9.53 Å². The fraction of sp³-hybridized carbons (Fsp3) is 0.412. The normalized spacial score (nSPS) is 20.9. The van der Waals surface area contributed by atoms with Crippen LogP contribution in [-0.2, 0) is 4.74 Å². The van der Waals surface area contributed by atoms with Crippen LogP contribution >= 0.6 is 0 Å². The summed E-state index contributed by atoms with van der Waals surface area (Å²) in [7, 11) is 2.03. The summed E-state index contributed by atoms with van der Waals surface area (Å²) < 4.78 is 7.47. The van der Waals surface area contributed by atoms with Crippen LogP contribution in [0.2, 0.25) is 0 Å². The molecule has 2 atom stereocenters. The average Bonchev–Trinajstić information content (AvgIpc) is 3.19. The molecular weight excluding hydrogens is 306 g/mol. The number of aromatic nitrogens is 2. The lowest BCUT2D eigenvalue weighted by atomic mass is 10.2. The molecule has 1 saturated heterocycles. The molecule has 1 aliphatic heterocycles. The first kappa shape index (κ1) is 16.5. The van der Waals surface area contributed by atoms with Crippen molar-refractivity contribution in [1.82, 2.24) is 20.0 Å². The number of ether oxygens (including phenoxy) is 1. The largest absolute Gasteiger partial charge is 0.375 e. The molecule has 7 heteroatoms. The van der Waals surface area contributed by atoms with Crippen LogP contribution in [0.25, 0.3) is 5.69 Å². The fourth-order valence-electron chi connectivity index (χ4n) is 2.94. The number of anilines is 1. The molecule has 7 nitrogen and oxygen atoms in total. The van der Waals surface area contributed by atoms with Gasteiger partial charge < -0.3 is 20.3 Å². The van der Waals surface area contributed by atoms with Crippen molar-refractivity contribution in [3.63, 3.8) is 0 Å². The van der Waals surface area contributed by atoms with Gasteiger partial charge in [-0.15, -0.1) is 0 Å². The highest BCUT2D eigenvalue weighted by Crippen LogP contribution is 2.14. The van der Waals surface area contributed by atoms with Crippen molar-refractivity contribution in [3.8, 4) is 5.69 Å². The SMILES string of the molecule is CCO[C@@H]1CN(C)C[C@H]1NC(=O)Nc1ccc(-n2cccn2)cc1. The molecule has 0 aliphatic carbocycles. The lowest BCUT2D eigenvalue weighted by Gasteiger charge is -2.20. The molecule has 1 fully saturated rings. The summed E-state index contributed by atoms with van der Waals surface area (Å²) in [5, 5.41) is 10.0. The molecule has 128 valence electrons. The standard InChI is InChI=1S/C17H23N5O2/c1-3-24-16-12-21(2)11-15(16)20-17(23)19-13-5-7-14(8-6-13)22-10-4-9-18-22/h4-10,15-16H,3,11-12H2,1-2H3,(H2,19,20,23)/t15-,16-/m1/s1. The zero-order valence-corrected chi connectivity index (χ0v) is 14.0. The molecule has 2 N–H and O–H groups in total. The summed E-state index contributed by atoms with van der Waals surface area (Å²) in [4.78, 5) is 14.4. The van der Waals surface area contributed by atoms with E-state index in [9.17, 15) is 4.79 Å². The molecule has 2 aromatic rings. The Morgan fingerprint density at radius 1 is 1.33 bits per heavy atom. The molecule has 3 rings (SSSR count). The van der Waals surface area contributed by atoms with Gasteiger partial charge in [0.1, 0.15) is 0 Å². The van der Waals surface area contributed by atoms with Gasteiger partial charge in [0.25, 0.3) is 0 Å². The van der Waals surface area contributed by atoms with Crippen LogP contribution < -0.4 is 10.6 Å². The van der Waals surface area contributed by atoms with E-state index < -0.39 is 0 Å². The topological polar surface area (TPSA) is 71.4 Å². The molecule has 1 aromatic carbocycles. The lowest BCUT2D eigenvalue weighted by molar-refractivity contribution is 0.0568. The minimum absolute atomic E-state index is 0.00158. The van der Waals surface area contributed by atoms with Gasteiger partial charge in [0, 0.05) is 37.8 Å². The van der Waals surface area contributed by atoms with Gasteiger partial charge in [0.05, 0.1) is 17.8 Å². The number of hydrogen-bond donors (Lipinski definition) is 2. The van der Waals surface area contributed by atoms with E-state index in [-0.39, 0.29) is 18.2 Å². The van der Waals surface area contributed by atoms with E-state index in [1.165, 1.54) is 0 Å². The van der Waals surface area contributed by atoms with E-state index in [0.29, 0.717) is 6.61 Å². The predicted octanol–water partition coefficient (Wildman–Crippen LogP) is 1.71. The molecule has 2 heterocycles. The van der Waals surface area contributed by atoms with Gasteiger partial charge in [-0.05, 0) is 44.3 Å². The van der Waals surface area contributed by atoms with Gasteiger partial charge >= 0.3 is 6.03 Å². The average molecular weight is 329 g/mol. The van der Waals surface area contributed by atoms with E-state index in [4.69, 9.17) is 4.74 Å². The summed E-state index contributed by atoms with van der Waals surface area (Å²) in [5.41, 5.74) is 1.68. The second-order valence-electron chi connectivity index (χ2n) is 5.92. The number of nitrogens with zero attached hydrogens (tertiary/aromatic N) is 3. The molecule has 1 aliphatic rings. The van der Waals surface area contributed by atoms with E-state index in [0.717, 1.165) is 24.5 Å². The molecule has 0 unspecified atom stereocenters. The van der Waals surface area contributed by atoms with Gasteiger partial charge in [-0.25, -0.2) is 9.48 Å². The number of rotatable bonds is 5. The molecule has 1 aromatic heterocycles. The summed E-state index contributed by atoms with van der Waals surface area (Å²) >= 11 is 0. The highest BCUT2D eigenvalue weighted by molar-refractivity contribution is 5.89. The molecule has 2 amide bonds. The predicted molar refractivity (Wildman–Crippen MR) is 92.4 cm³/mol. The molecular formula is C17H23N5O2. The Balaban J connectivity index is 1.56. The minimum atomic E-state index is -0.216. The second kappa shape index (κ2) is 7.46. The summed E-state index contributed by atoms with van der Waals surface area (Å²) in [6.07, 6.45) is 3.64. The Bertz CT molecular complexity index is 656. The number of amides is 2. The Labute approximate surface area is 141 Å². The van der Waals surface area contributed by atoms with Crippen LogP contribution in [0, 0.1) is 0 Å². The maximum Gasteiger partial charge on any atom is 0.319 e. The van der Waals surface area contributed by atoms with E-state index in [2.05, 4.69) is 20.6 Å². The van der Waals surface area contributed by atoms with Crippen molar-refractivity contribution in [1.29, 1.82) is 0 Å². The molecule has 0 bridgehead atoms. The van der Waals surface area contributed by atoms with Gasteiger partial charge in [0.2, 0.25) is 0 Å². The third-order valence-electron chi connectivity index (χ3n) is 4.04. The van der Waals surface area contributed by atoms with Crippen LogP contribution in [0.15, 0.2) is 42.7 Å². The smallest absolute Gasteiger partial charge is 0.319 e. The fourth-order valence-corrected chi connectivity index (χ4v) is 2.94. The maximum absolute atomic E-state index is 12.2. The van der Waals surface area contributed by atoms with Gasteiger partial charge in [-0.3, -0.25) is 0 Å². The van der Waals surface area contributed by atoms with Crippen LogP contribution in [0.3, 0.4) is 0 Å². The number of likely N-dealkylation sites (tertiary alicyclic amines) is 1. The first-order chi connectivity index (χ1) is 11.7. The highest BCUT2D eigenvalue weighted by atomic mass is 16.5. The Hall–Kier alpha value is -2.38. The number of carbonyl (C=O) groups excluding carboxylic acids is 1. The summed E-state index contributed by atoms with van der Waals surface area (Å²) in [6.45, 7) is 4.23. The number of likely N-dealkylation sites (N-methyl/N-ethyl adjacent to an activating group) is 1. The quantitative estimate of drug-likeness (QED) is 0.876. The number of carbonyl (C=O) groups is 1. The Kier molecular flexibility index (Phi) is 5.12. The number of urea groups is 1. The van der Waals surface area contributed by atoms with Gasteiger partial charge in [-0.2, -0.15) is 5.10 Å². The zero-order chi connectivity index (χ0) is 16.9. The number of hydrogen-bond acceptors (Lipinski definition) is 4. The third kappa shape index (κ3) is 3.93. The third-order valence-corrected chi connectivity index (χ3v) is 4.04. The van der Waals surface area contributed by atoms with Crippen LogP contribution in [-0.4, -0.2) is 59.6 Å². The zero-order valence-electron chi connectivity index (χ0n) is 14.0. The Morgan fingerprint density at radius 3 is 2.79 bits per heavy atom. The second-order valence-corrected chi connectivity index (χ2v) is 5.92. The molecule has 24 heavy (non-hydrogen) atoms. The van der Waals surface area contributed by atoms with Gasteiger partial charge in [0.15, 0.2) is 0 Å². The molecule has 0 spiro atoms. The highest BCUT2D eigenvalue weighted by Gasteiger charge is 2.32. The minimum Gasteiger partial charge on any atom is -0.375 e. The molecule has 0 radical (unpaired) electrons. The van der Waals surface area contributed by atoms with Crippen LogP contribution in [0.5, 0.6) is 0 Å². The van der Waals surface area contributed by atoms with Crippen molar-refractivity contribution in [3.05, 3.63) is 42.7 Å². The molecule has 0 saturated carbocycles. The summed E-state index contributed by atoms with van der Waals surface area (Å²) in [5.74, 6) is 0. The monoisotopic (exact) mass is 329 g/mol. The number of benzene rings is 1. The van der Waals surface area contributed by atoms with Gasteiger partial charge in [-0.1, -0.05) is 0 Å². The van der Waals surface area contributed by atoms with Crippen molar-refractivity contribution in [2.24, 2.45) is 0 Å².